The number of hydrogen-bond donors (Lipinski definition) is 1. The number of carbonyl (C=O) groups excluding carboxylic acids is 2. The summed E-state index contributed by atoms with van der Waals surface area (Å²) in [5.74, 6) is -0.761. The van der Waals surface area contributed by atoms with Crippen molar-refractivity contribution in [3.8, 4) is 0 Å². The molecule has 0 aromatic heterocycles. The van der Waals surface area contributed by atoms with Crippen molar-refractivity contribution >= 4 is 19.8 Å². The Bertz CT molecular complexity index is 1710. The van der Waals surface area contributed by atoms with Gasteiger partial charge in [-0.05, 0) is 12.8 Å². The molecule has 0 saturated carbocycles. The number of unbranched alkanes of at least 4 members (excludes halogenated alkanes) is 78. The lowest BCUT2D eigenvalue weighted by Crippen LogP contribution is -2.37. The van der Waals surface area contributed by atoms with Gasteiger partial charge in [0.25, 0.3) is 0 Å². The maximum absolute atomic E-state index is 13.0. The Hall–Kier alpha value is -0.990. The summed E-state index contributed by atoms with van der Waals surface area (Å²) >= 11 is 0. The zero-order valence-corrected chi connectivity index (χ0v) is 72.5. The number of likely N-dealkylation sites (N-methyl/N-ethyl adjacent to an activating group) is 1. The second-order valence-electron chi connectivity index (χ2n) is 34.5. The van der Waals surface area contributed by atoms with Gasteiger partial charge in [0.1, 0.15) is 19.8 Å². The molecule has 0 aliphatic rings. The van der Waals surface area contributed by atoms with Crippen LogP contribution in [0.5, 0.6) is 0 Å². The van der Waals surface area contributed by atoms with E-state index in [1.165, 1.54) is 475 Å². The van der Waals surface area contributed by atoms with E-state index in [2.05, 4.69) is 13.8 Å². The van der Waals surface area contributed by atoms with Crippen LogP contribution in [0.15, 0.2) is 0 Å². The van der Waals surface area contributed by atoms with Crippen molar-refractivity contribution in [3.05, 3.63) is 0 Å². The SMILES string of the molecule is CCCCCCCCCCCCCCCCCCCCCCCCCCCCCCCCCCCCCCCCCCCC(=O)OC(COC(=O)CCCCCCCCCCCCCCCCCCCCCCCCCCCCCCCCCCCCCCCCC)COP(=O)(O)OCC[N+](C)(C)C. The molecule has 1 N–H and O–H groups in total. The molecule has 0 aliphatic heterocycles. The summed E-state index contributed by atoms with van der Waals surface area (Å²) in [6.07, 6.45) is 111. The van der Waals surface area contributed by atoms with Crippen LogP contribution in [0.25, 0.3) is 0 Å². The molecule has 0 saturated heterocycles. The highest BCUT2D eigenvalue weighted by Crippen LogP contribution is 2.43. The summed E-state index contributed by atoms with van der Waals surface area (Å²) in [5, 5.41) is 0. The second kappa shape index (κ2) is 86.0. The fraction of sp³-hybridized carbons (Fsp3) is 0.979. The van der Waals surface area contributed by atoms with Gasteiger partial charge < -0.3 is 18.9 Å². The molecule has 2 unspecified atom stereocenters. The van der Waals surface area contributed by atoms with Crippen molar-refractivity contribution in [1.29, 1.82) is 0 Å². The third-order valence-corrected chi connectivity index (χ3v) is 23.6. The van der Waals surface area contributed by atoms with Gasteiger partial charge in [-0.1, -0.05) is 515 Å². The number of nitrogens with zero attached hydrogens (tertiary/aromatic N) is 1. The number of phosphoric acid groups is 1. The molecule has 0 spiro atoms. The summed E-state index contributed by atoms with van der Waals surface area (Å²) in [6.45, 7) is 4.56. The minimum absolute atomic E-state index is 0.0380. The van der Waals surface area contributed by atoms with Crippen molar-refractivity contribution in [2.24, 2.45) is 0 Å². The lowest BCUT2D eigenvalue weighted by molar-refractivity contribution is -0.870. The molecule has 0 aromatic rings. The minimum atomic E-state index is -4.39. The Morgan fingerprint density at radius 3 is 0.615 bits per heavy atom. The van der Waals surface area contributed by atoms with Crippen molar-refractivity contribution in [2.75, 3.05) is 47.5 Å². The largest absolute Gasteiger partial charge is 0.472 e. The van der Waals surface area contributed by atoms with E-state index in [4.69, 9.17) is 18.5 Å². The van der Waals surface area contributed by atoms with Crippen LogP contribution in [0.1, 0.15) is 540 Å². The fourth-order valence-electron chi connectivity index (χ4n) is 15.4. The monoisotopic (exact) mass is 1490 g/mol. The third kappa shape index (κ3) is 89.9. The van der Waals surface area contributed by atoms with Gasteiger partial charge in [0.2, 0.25) is 0 Å². The van der Waals surface area contributed by atoms with E-state index in [-0.39, 0.29) is 25.6 Å². The van der Waals surface area contributed by atoms with E-state index in [0.29, 0.717) is 17.4 Å². The first kappa shape index (κ1) is 103. The lowest BCUT2D eigenvalue weighted by Gasteiger charge is -2.24. The normalized spacial score (nSPS) is 12.8. The molecule has 0 heterocycles. The van der Waals surface area contributed by atoms with Crippen molar-refractivity contribution in [3.63, 3.8) is 0 Å². The average Bonchev–Trinajstić information content (AvgIpc) is 0.920. The Labute approximate surface area is 652 Å². The van der Waals surface area contributed by atoms with Gasteiger partial charge in [0.15, 0.2) is 6.10 Å². The zero-order chi connectivity index (χ0) is 75.4. The van der Waals surface area contributed by atoms with Crippen LogP contribution in [0, 0.1) is 0 Å². The van der Waals surface area contributed by atoms with Crippen LogP contribution in [0.2, 0.25) is 0 Å². The Kier molecular flexibility index (Phi) is 85.2. The molecule has 0 rings (SSSR count). The summed E-state index contributed by atoms with van der Waals surface area (Å²) in [7, 11) is 1.52. The highest BCUT2D eigenvalue weighted by Gasteiger charge is 2.27. The Balaban J connectivity index is 3.78. The molecule has 0 radical (unpaired) electrons. The summed E-state index contributed by atoms with van der Waals surface area (Å²) in [4.78, 5) is 36.1. The van der Waals surface area contributed by atoms with E-state index in [9.17, 15) is 19.0 Å². The van der Waals surface area contributed by atoms with Gasteiger partial charge in [0, 0.05) is 12.8 Å². The summed E-state index contributed by atoms with van der Waals surface area (Å²) < 4.78 is 34.9. The van der Waals surface area contributed by atoms with E-state index < -0.39 is 26.5 Å². The molecule has 0 amide bonds. The van der Waals surface area contributed by atoms with E-state index in [1.807, 2.05) is 21.1 Å². The topological polar surface area (TPSA) is 108 Å². The molecule has 104 heavy (non-hydrogen) atoms. The summed E-state index contributed by atoms with van der Waals surface area (Å²) in [5.41, 5.74) is 0. The Morgan fingerprint density at radius 2 is 0.433 bits per heavy atom. The van der Waals surface area contributed by atoms with Gasteiger partial charge in [0.05, 0.1) is 27.7 Å². The molecule has 2 atom stereocenters. The van der Waals surface area contributed by atoms with Crippen molar-refractivity contribution < 1.29 is 42.1 Å². The van der Waals surface area contributed by atoms with Crippen LogP contribution in [0.3, 0.4) is 0 Å². The van der Waals surface area contributed by atoms with Crippen LogP contribution >= 0.6 is 7.82 Å². The highest BCUT2D eigenvalue weighted by molar-refractivity contribution is 7.47. The fourth-order valence-corrected chi connectivity index (χ4v) is 16.1. The number of quaternary nitrogens is 1. The molecular weight excluding hydrogens is 1300 g/mol. The van der Waals surface area contributed by atoms with E-state index in [0.717, 1.165) is 38.5 Å². The first-order valence-corrected chi connectivity index (χ1v) is 49.3. The second-order valence-corrected chi connectivity index (χ2v) is 35.9. The number of phosphoric ester groups is 1. The molecule has 0 aliphatic carbocycles. The number of ether oxygens (including phenoxy) is 2. The van der Waals surface area contributed by atoms with Crippen molar-refractivity contribution in [2.45, 2.75) is 546 Å². The molecule has 0 fully saturated rings. The van der Waals surface area contributed by atoms with Gasteiger partial charge in [-0.15, -0.1) is 0 Å². The molecule has 0 aromatic carbocycles. The quantitative estimate of drug-likeness (QED) is 0.0278. The van der Waals surface area contributed by atoms with E-state index in [1.54, 1.807) is 0 Å². The average molecular weight is 1490 g/mol. The lowest BCUT2D eigenvalue weighted by atomic mass is 10.0. The molecule has 622 valence electrons. The van der Waals surface area contributed by atoms with Gasteiger partial charge in [-0.2, -0.15) is 0 Å². The predicted octanol–water partition coefficient (Wildman–Crippen LogP) is 32.3. The number of esters is 2. The minimum Gasteiger partial charge on any atom is -0.462 e. The van der Waals surface area contributed by atoms with Gasteiger partial charge in [-0.3, -0.25) is 18.6 Å². The van der Waals surface area contributed by atoms with Crippen LogP contribution in [-0.4, -0.2) is 74.9 Å². The molecule has 0 bridgehead atoms. The van der Waals surface area contributed by atoms with Crippen LogP contribution < -0.4 is 0 Å². The standard InChI is InChI=1S/C94H188NO8P/c1-6-8-10-12-14-16-18-20-22-24-26-28-30-32-34-36-38-40-42-44-46-47-49-51-53-55-57-59-61-63-65-67-69-71-73-75-77-79-81-83-85-87-94(97)103-92(91-102-104(98,99)101-89-88-95(3,4)5)90-100-93(96)86-84-82-80-78-76-74-72-70-68-66-64-62-60-58-56-54-52-50-48-45-43-41-39-37-35-33-31-29-27-25-23-21-19-17-15-13-11-9-7-2/h92H,6-91H2,1-5H3/p+1. The van der Waals surface area contributed by atoms with Crippen molar-refractivity contribution in [1.82, 2.24) is 0 Å². The smallest absolute Gasteiger partial charge is 0.462 e. The predicted molar refractivity (Wildman–Crippen MR) is 455 cm³/mol. The number of rotatable bonds is 92. The number of carbonyl (C=O) groups is 2. The highest BCUT2D eigenvalue weighted by atomic mass is 31.2. The molecule has 10 heteroatoms. The number of hydrogen-bond acceptors (Lipinski definition) is 7. The van der Waals surface area contributed by atoms with Gasteiger partial charge in [-0.25, -0.2) is 4.57 Å². The van der Waals surface area contributed by atoms with Gasteiger partial charge >= 0.3 is 19.8 Å². The Morgan fingerprint density at radius 1 is 0.260 bits per heavy atom. The summed E-state index contributed by atoms with van der Waals surface area (Å²) in [6, 6.07) is 0. The molecule has 9 nitrogen and oxygen atoms in total. The van der Waals surface area contributed by atoms with Crippen LogP contribution in [-0.2, 0) is 32.7 Å². The molecular formula is C94H189NO8P+. The first-order valence-electron chi connectivity index (χ1n) is 47.8. The van der Waals surface area contributed by atoms with E-state index >= 15 is 0 Å². The third-order valence-electron chi connectivity index (χ3n) is 22.6. The first-order chi connectivity index (χ1) is 51.0. The van der Waals surface area contributed by atoms with Crippen LogP contribution in [0.4, 0.5) is 0 Å². The zero-order valence-electron chi connectivity index (χ0n) is 71.6. The maximum atomic E-state index is 13.0. The maximum Gasteiger partial charge on any atom is 0.472 e.